The maximum absolute atomic E-state index is 12.0. The van der Waals surface area contributed by atoms with Crippen LogP contribution in [-0.4, -0.2) is 38.0 Å². The van der Waals surface area contributed by atoms with Gasteiger partial charge in [-0.25, -0.2) is 0 Å². The summed E-state index contributed by atoms with van der Waals surface area (Å²) in [4.78, 5) is 13.0. The first kappa shape index (κ1) is 15.3. The molecule has 6 heteroatoms. The number of rotatable bonds is 3. The van der Waals surface area contributed by atoms with E-state index in [2.05, 4.69) is 10.6 Å². The van der Waals surface area contributed by atoms with Gasteiger partial charge in [-0.15, -0.1) is 24.2 Å². The van der Waals surface area contributed by atoms with Gasteiger partial charge in [0.2, 0.25) is 0 Å². The summed E-state index contributed by atoms with van der Waals surface area (Å²) in [6.07, 6.45) is 1.60. The number of thioether (sulfide) groups is 1. The first-order valence-electron chi connectivity index (χ1n) is 5.57. The van der Waals surface area contributed by atoms with Crippen molar-refractivity contribution in [2.45, 2.75) is 11.0 Å². The number of halogens is 1. The lowest BCUT2D eigenvalue weighted by atomic mass is 10.2. The molecule has 0 bridgehead atoms. The minimum atomic E-state index is -0.390. The van der Waals surface area contributed by atoms with Crippen molar-refractivity contribution in [2.24, 2.45) is 0 Å². The molecule has 18 heavy (non-hydrogen) atoms. The van der Waals surface area contributed by atoms with Crippen LogP contribution in [-0.2, 0) is 9.53 Å². The third-order valence-corrected chi connectivity index (χ3v) is 3.38. The minimum Gasteiger partial charge on any atom is -0.366 e. The molecule has 0 saturated carbocycles. The van der Waals surface area contributed by atoms with Gasteiger partial charge in [0, 0.05) is 18.0 Å². The molecule has 2 N–H and O–H groups in total. The van der Waals surface area contributed by atoms with Gasteiger partial charge in [-0.1, -0.05) is 12.1 Å². The zero-order valence-corrected chi connectivity index (χ0v) is 11.8. The summed E-state index contributed by atoms with van der Waals surface area (Å²) < 4.78 is 5.40. The van der Waals surface area contributed by atoms with E-state index in [-0.39, 0.29) is 18.3 Å². The van der Waals surface area contributed by atoms with E-state index in [0.717, 1.165) is 17.1 Å². The van der Waals surface area contributed by atoms with Gasteiger partial charge in [0.25, 0.3) is 5.91 Å². The number of ether oxygens (including phenoxy) is 1. The topological polar surface area (TPSA) is 50.4 Å². The lowest BCUT2D eigenvalue weighted by Crippen LogP contribution is -2.45. The molecule has 4 nitrogen and oxygen atoms in total. The van der Waals surface area contributed by atoms with Crippen LogP contribution < -0.4 is 10.6 Å². The van der Waals surface area contributed by atoms with Crippen molar-refractivity contribution in [3.05, 3.63) is 24.3 Å². The van der Waals surface area contributed by atoms with Crippen molar-refractivity contribution < 1.29 is 9.53 Å². The molecule has 1 heterocycles. The number of para-hydroxylation sites is 1. The van der Waals surface area contributed by atoms with E-state index in [1.54, 1.807) is 11.8 Å². The monoisotopic (exact) mass is 288 g/mol. The van der Waals surface area contributed by atoms with E-state index in [1.807, 2.05) is 30.5 Å². The van der Waals surface area contributed by atoms with Crippen LogP contribution in [0.3, 0.4) is 0 Å². The molecule has 1 atom stereocenters. The maximum Gasteiger partial charge on any atom is 0.254 e. The average Bonchev–Trinajstić information content (AvgIpc) is 2.40. The normalized spacial score (nSPS) is 18.8. The highest BCUT2D eigenvalue weighted by Crippen LogP contribution is 2.24. The van der Waals surface area contributed by atoms with E-state index < -0.39 is 6.10 Å². The zero-order valence-electron chi connectivity index (χ0n) is 10.1. The fraction of sp³-hybridized carbons (Fsp3) is 0.417. The van der Waals surface area contributed by atoms with E-state index >= 15 is 0 Å². The molecule has 1 aromatic rings. The first-order chi connectivity index (χ1) is 8.31. The second-order valence-electron chi connectivity index (χ2n) is 3.75. The molecule has 0 radical (unpaired) electrons. The van der Waals surface area contributed by atoms with Crippen LogP contribution >= 0.6 is 24.2 Å². The molecule has 1 aliphatic heterocycles. The Hall–Kier alpha value is -0.750. The minimum absolute atomic E-state index is 0. The Kier molecular flexibility index (Phi) is 6.49. The number of amides is 1. The molecule has 1 unspecified atom stereocenters. The SMILES string of the molecule is CSc1ccccc1NC(=O)C1CNCCO1.Cl. The van der Waals surface area contributed by atoms with Crippen LogP contribution in [0.1, 0.15) is 0 Å². The summed E-state index contributed by atoms with van der Waals surface area (Å²) in [5.74, 6) is -0.0845. The summed E-state index contributed by atoms with van der Waals surface area (Å²) in [6, 6.07) is 7.76. The van der Waals surface area contributed by atoms with Crippen molar-refractivity contribution in [1.29, 1.82) is 0 Å². The molecule has 1 fully saturated rings. The molecule has 1 saturated heterocycles. The molecule has 1 aromatic carbocycles. The van der Waals surface area contributed by atoms with Gasteiger partial charge in [-0.2, -0.15) is 0 Å². The summed E-state index contributed by atoms with van der Waals surface area (Å²) in [5, 5.41) is 6.05. The molecule has 0 aliphatic carbocycles. The summed E-state index contributed by atoms with van der Waals surface area (Å²) in [5.41, 5.74) is 0.846. The number of nitrogens with one attached hydrogen (secondary N) is 2. The van der Waals surface area contributed by atoms with Crippen LogP contribution in [0, 0.1) is 0 Å². The van der Waals surface area contributed by atoms with Gasteiger partial charge in [-0.3, -0.25) is 4.79 Å². The molecule has 1 amide bonds. The summed E-state index contributed by atoms with van der Waals surface area (Å²) in [6.45, 7) is 1.97. The quantitative estimate of drug-likeness (QED) is 0.832. The molecule has 1 aliphatic rings. The predicted molar refractivity (Wildman–Crippen MR) is 76.7 cm³/mol. The number of carbonyl (C=O) groups is 1. The fourth-order valence-corrected chi connectivity index (χ4v) is 2.25. The van der Waals surface area contributed by atoms with Gasteiger partial charge in [0.1, 0.15) is 6.10 Å². The highest BCUT2D eigenvalue weighted by Gasteiger charge is 2.22. The third kappa shape index (κ3) is 3.88. The van der Waals surface area contributed by atoms with Gasteiger partial charge in [0.15, 0.2) is 0 Å². The highest BCUT2D eigenvalue weighted by molar-refractivity contribution is 7.98. The Balaban J connectivity index is 0.00000162. The second kappa shape index (κ2) is 7.63. The van der Waals surface area contributed by atoms with Crippen LogP contribution in [0.2, 0.25) is 0 Å². The standard InChI is InChI=1S/C12H16N2O2S.ClH/c1-17-11-5-3-2-4-9(11)14-12(15)10-8-13-6-7-16-10;/h2-5,10,13H,6-8H2,1H3,(H,14,15);1H. The Morgan fingerprint density at radius 2 is 2.28 bits per heavy atom. The van der Waals surface area contributed by atoms with Crippen molar-refractivity contribution in [1.82, 2.24) is 5.32 Å². The molecular formula is C12H17ClN2O2S. The maximum atomic E-state index is 12.0. The molecular weight excluding hydrogens is 272 g/mol. The number of carbonyl (C=O) groups excluding carboxylic acids is 1. The largest absolute Gasteiger partial charge is 0.366 e. The predicted octanol–water partition coefficient (Wildman–Crippen LogP) is 1.76. The Morgan fingerprint density at radius 3 is 2.94 bits per heavy atom. The Labute approximate surface area is 117 Å². The Morgan fingerprint density at radius 1 is 1.50 bits per heavy atom. The van der Waals surface area contributed by atoms with Crippen LogP contribution in [0.4, 0.5) is 5.69 Å². The lowest BCUT2D eigenvalue weighted by molar-refractivity contribution is -0.128. The van der Waals surface area contributed by atoms with E-state index in [0.29, 0.717) is 13.2 Å². The van der Waals surface area contributed by atoms with E-state index in [1.165, 1.54) is 0 Å². The molecule has 100 valence electrons. The summed E-state index contributed by atoms with van der Waals surface area (Å²) in [7, 11) is 0. The van der Waals surface area contributed by atoms with E-state index in [4.69, 9.17) is 4.74 Å². The van der Waals surface area contributed by atoms with Gasteiger partial charge >= 0.3 is 0 Å². The smallest absolute Gasteiger partial charge is 0.254 e. The molecule has 2 rings (SSSR count). The first-order valence-corrected chi connectivity index (χ1v) is 6.80. The van der Waals surface area contributed by atoms with Crippen LogP contribution in [0.25, 0.3) is 0 Å². The van der Waals surface area contributed by atoms with E-state index in [9.17, 15) is 4.79 Å². The highest BCUT2D eigenvalue weighted by atomic mass is 35.5. The van der Waals surface area contributed by atoms with Crippen molar-refractivity contribution in [3.8, 4) is 0 Å². The number of benzene rings is 1. The molecule has 0 spiro atoms. The number of hydrogen-bond donors (Lipinski definition) is 2. The molecule has 0 aromatic heterocycles. The number of hydrogen-bond acceptors (Lipinski definition) is 4. The lowest BCUT2D eigenvalue weighted by Gasteiger charge is -2.23. The number of morpholine rings is 1. The Bertz CT molecular complexity index is 397. The van der Waals surface area contributed by atoms with Gasteiger partial charge in [0.05, 0.1) is 12.3 Å². The zero-order chi connectivity index (χ0) is 12.1. The average molecular weight is 289 g/mol. The van der Waals surface area contributed by atoms with Crippen LogP contribution in [0.15, 0.2) is 29.2 Å². The third-order valence-electron chi connectivity index (χ3n) is 2.58. The fourth-order valence-electron chi connectivity index (χ4n) is 1.69. The number of anilines is 1. The van der Waals surface area contributed by atoms with Crippen molar-refractivity contribution in [2.75, 3.05) is 31.3 Å². The van der Waals surface area contributed by atoms with Crippen LogP contribution in [0.5, 0.6) is 0 Å². The van der Waals surface area contributed by atoms with Crippen molar-refractivity contribution >= 4 is 35.8 Å². The van der Waals surface area contributed by atoms with Gasteiger partial charge in [-0.05, 0) is 18.4 Å². The summed E-state index contributed by atoms with van der Waals surface area (Å²) >= 11 is 1.61. The van der Waals surface area contributed by atoms with Crippen molar-refractivity contribution in [3.63, 3.8) is 0 Å². The second-order valence-corrected chi connectivity index (χ2v) is 4.60. The van der Waals surface area contributed by atoms with Gasteiger partial charge < -0.3 is 15.4 Å².